The van der Waals surface area contributed by atoms with Gasteiger partial charge >= 0.3 is 5.97 Å². The van der Waals surface area contributed by atoms with Crippen molar-refractivity contribution in [2.75, 3.05) is 5.75 Å². The van der Waals surface area contributed by atoms with E-state index in [1.807, 2.05) is 0 Å². The number of nitrogens with zero attached hydrogens (tertiary/aromatic N) is 1. The fourth-order valence-electron chi connectivity index (χ4n) is 2.28. The SMILES string of the molecule is CCC(CS)(NC(=O)C(C)Oc1ccc(Oc2ncc(Cl)cc2Cl)cc1)C(=O)O. The highest BCUT2D eigenvalue weighted by Gasteiger charge is 2.38. The van der Waals surface area contributed by atoms with Crippen molar-refractivity contribution in [1.29, 1.82) is 0 Å². The number of carbonyl (C=O) groups excluding carboxylic acids is 1. The van der Waals surface area contributed by atoms with Crippen molar-refractivity contribution in [3.63, 3.8) is 0 Å². The number of carbonyl (C=O) groups is 2. The van der Waals surface area contributed by atoms with Gasteiger partial charge in [-0.1, -0.05) is 30.1 Å². The number of halogens is 2. The number of amides is 1. The molecular weight excluding hydrogens is 439 g/mol. The van der Waals surface area contributed by atoms with Crippen LogP contribution in [-0.2, 0) is 9.59 Å². The van der Waals surface area contributed by atoms with E-state index in [9.17, 15) is 14.7 Å². The average Bonchev–Trinajstić information content (AvgIpc) is 2.69. The van der Waals surface area contributed by atoms with Gasteiger partial charge in [-0.05, 0) is 43.7 Å². The van der Waals surface area contributed by atoms with E-state index in [2.05, 4.69) is 22.9 Å². The predicted octanol–water partition coefficient (Wildman–Crippen LogP) is 4.23. The van der Waals surface area contributed by atoms with E-state index in [1.54, 1.807) is 31.2 Å². The minimum Gasteiger partial charge on any atom is -0.481 e. The standard InChI is InChI=1S/C19H20Cl2N2O5S/c1-3-19(10-29,18(25)26)23-16(24)11(2)27-13-4-6-14(7-5-13)28-17-15(21)8-12(20)9-22-17/h4-9,11,29H,3,10H2,1-2H3,(H,23,24)(H,25,26). The number of hydrogen-bond acceptors (Lipinski definition) is 6. The maximum absolute atomic E-state index is 12.4. The van der Waals surface area contributed by atoms with Crippen LogP contribution in [0.4, 0.5) is 0 Å². The maximum Gasteiger partial charge on any atom is 0.330 e. The Hall–Kier alpha value is -2.16. The van der Waals surface area contributed by atoms with Gasteiger partial charge < -0.3 is 19.9 Å². The third-order valence-corrected chi connectivity index (χ3v) is 5.16. The van der Waals surface area contributed by atoms with Crippen molar-refractivity contribution in [2.45, 2.75) is 31.9 Å². The zero-order valence-corrected chi connectivity index (χ0v) is 18.1. The van der Waals surface area contributed by atoms with Gasteiger partial charge in [-0.2, -0.15) is 12.6 Å². The zero-order chi connectivity index (χ0) is 21.6. The summed E-state index contributed by atoms with van der Waals surface area (Å²) in [5.74, 6) is -0.679. The van der Waals surface area contributed by atoms with Crippen molar-refractivity contribution >= 4 is 47.7 Å². The molecule has 29 heavy (non-hydrogen) atoms. The van der Waals surface area contributed by atoms with Crippen molar-refractivity contribution in [3.05, 3.63) is 46.6 Å². The molecule has 0 aliphatic carbocycles. The highest BCUT2D eigenvalue weighted by atomic mass is 35.5. The minimum absolute atomic E-state index is 0.0371. The second-order valence-corrected chi connectivity index (χ2v) is 7.32. The Kier molecular flexibility index (Phi) is 8.01. The Bertz CT molecular complexity index is 875. The highest BCUT2D eigenvalue weighted by molar-refractivity contribution is 7.80. The summed E-state index contributed by atoms with van der Waals surface area (Å²) >= 11 is 15.9. The number of nitrogens with one attached hydrogen (secondary N) is 1. The van der Waals surface area contributed by atoms with Crippen LogP contribution in [0.5, 0.6) is 17.4 Å². The molecule has 156 valence electrons. The normalized spacial score (nSPS) is 13.8. The minimum atomic E-state index is -1.44. The van der Waals surface area contributed by atoms with E-state index in [0.717, 1.165) is 0 Å². The van der Waals surface area contributed by atoms with Gasteiger partial charge in [-0.3, -0.25) is 4.79 Å². The molecule has 0 aliphatic rings. The van der Waals surface area contributed by atoms with Gasteiger partial charge in [0.15, 0.2) is 6.10 Å². The Morgan fingerprint density at radius 2 is 1.90 bits per heavy atom. The molecule has 0 aliphatic heterocycles. The van der Waals surface area contributed by atoms with Crippen LogP contribution in [0.25, 0.3) is 0 Å². The monoisotopic (exact) mass is 458 g/mol. The molecule has 1 heterocycles. The lowest BCUT2D eigenvalue weighted by atomic mass is 9.98. The molecule has 0 saturated heterocycles. The van der Waals surface area contributed by atoms with Gasteiger partial charge in [0.25, 0.3) is 5.91 Å². The number of hydrogen-bond donors (Lipinski definition) is 3. The van der Waals surface area contributed by atoms with Gasteiger partial charge in [0.2, 0.25) is 5.88 Å². The summed E-state index contributed by atoms with van der Waals surface area (Å²) in [5.41, 5.74) is -1.44. The molecule has 2 rings (SSSR count). The van der Waals surface area contributed by atoms with Crippen LogP contribution >= 0.6 is 35.8 Å². The van der Waals surface area contributed by atoms with Gasteiger partial charge in [-0.15, -0.1) is 0 Å². The van der Waals surface area contributed by atoms with E-state index >= 15 is 0 Å². The van der Waals surface area contributed by atoms with E-state index in [0.29, 0.717) is 16.5 Å². The number of thiol groups is 1. The molecule has 2 aromatic rings. The number of benzene rings is 1. The summed E-state index contributed by atoms with van der Waals surface area (Å²) in [6, 6.07) is 7.96. The fourth-order valence-corrected chi connectivity index (χ4v) is 3.14. The lowest BCUT2D eigenvalue weighted by Gasteiger charge is -2.29. The second-order valence-electron chi connectivity index (χ2n) is 6.16. The van der Waals surface area contributed by atoms with E-state index in [-0.39, 0.29) is 23.1 Å². The number of aromatic nitrogens is 1. The molecule has 1 aromatic heterocycles. The van der Waals surface area contributed by atoms with Gasteiger partial charge in [-0.25, -0.2) is 9.78 Å². The van der Waals surface area contributed by atoms with Crippen LogP contribution in [-0.4, -0.2) is 39.4 Å². The molecule has 2 atom stereocenters. The van der Waals surface area contributed by atoms with Gasteiger partial charge in [0, 0.05) is 11.9 Å². The molecule has 2 N–H and O–H groups in total. The second kappa shape index (κ2) is 10.0. The van der Waals surface area contributed by atoms with Crippen LogP contribution in [0.1, 0.15) is 20.3 Å². The zero-order valence-electron chi connectivity index (χ0n) is 15.7. The van der Waals surface area contributed by atoms with Crippen LogP contribution in [0.3, 0.4) is 0 Å². The molecule has 0 radical (unpaired) electrons. The van der Waals surface area contributed by atoms with Crippen molar-refractivity contribution < 1.29 is 24.2 Å². The molecule has 0 bridgehead atoms. The first kappa shape index (κ1) is 23.1. The third-order valence-electron chi connectivity index (χ3n) is 4.14. The number of carboxylic acids is 1. The number of pyridine rings is 1. The van der Waals surface area contributed by atoms with E-state index < -0.39 is 23.5 Å². The summed E-state index contributed by atoms with van der Waals surface area (Å²) < 4.78 is 11.2. The average molecular weight is 459 g/mol. The first-order chi connectivity index (χ1) is 13.7. The Morgan fingerprint density at radius 1 is 1.28 bits per heavy atom. The molecule has 1 amide bonds. The van der Waals surface area contributed by atoms with Crippen LogP contribution in [0.15, 0.2) is 36.5 Å². The van der Waals surface area contributed by atoms with Crippen LogP contribution < -0.4 is 14.8 Å². The molecule has 1 aromatic carbocycles. The quantitative estimate of drug-likeness (QED) is 0.486. The van der Waals surface area contributed by atoms with E-state index in [4.69, 9.17) is 32.7 Å². The predicted molar refractivity (Wildman–Crippen MR) is 114 cm³/mol. The van der Waals surface area contributed by atoms with Gasteiger partial charge in [0.05, 0.1) is 5.02 Å². The summed E-state index contributed by atoms with van der Waals surface area (Å²) in [6.07, 6.45) is 0.690. The Morgan fingerprint density at radius 3 is 2.41 bits per heavy atom. The highest BCUT2D eigenvalue weighted by Crippen LogP contribution is 2.30. The van der Waals surface area contributed by atoms with Crippen molar-refractivity contribution in [2.24, 2.45) is 0 Å². The summed E-state index contributed by atoms with van der Waals surface area (Å²) in [4.78, 5) is 27.9. The lowest BCUT2D eigenvalue weighted by molar-refractivity contribution is -0.147. The van der Waals surface area contributed by atoms with E-state index in [1.165, 1.54) is 19.2 Å². The topological polar surface area (TPSA) is 97.8 Å². The largest absolute Gasteiger partial charge is 0.481 e. The Labute approximate surface area is 183 Å². The maximum atomic E-state index is 12.4. The van der Waals surface area contributed by atoms with Crippen LogP contribution in [0.2, 0.25) is 10.0 Å². The molecule has 0 saturated carbocycles. The lowest BCUT2D eigenvalue weighted by Crippen LogP contribution is -2.58. The van der Waals surface area contributed by atoms with Crippen LogP contribution in [0, 0.1) is 0 Å². The molecule has 0 fully saturated rings. The third kappa shape index (κ3) is 5.91. The molecular formula is C19H20Cl2N2O5S. The van der Waals surface area contributed by atoms with Crippen molar-refractivity contribution in [1.82, 2.24) is 10.3 Å². The fraction of sp³-hybridized carbons (Fsp3) is 0.316. The number of aliphatic carboxylic acids is 1. The van der Waals surface area contributed by atoms with Gasteiger partial charge in [0.1, 0.15) is 22.1 Å². The molecule has 2 unspecified atom stereocenters. The number of rotatable bonds is 9. The molecule has 10 heteroatoms. The first-order valence-electron chi connectivity index (χ1n) is 8.62. The molecule has 0 spiro atoms. The smallest absolute Gasteiger partial charge is 0.330 e. The number of ether oxygens (including phenoxy) is 2. The Balaban J connectivity index is 2.01. The summed E-state index contributed by atoms with van der Waals surface area (Å²) in [7, 11) is 0. The summed E-state index contributed by atoms with van der Waals surface area (Å²) in [5, 5.41) is 12.6. The summed E-state index contributed by atoms with van der Waals surface area (Å²) in [6.45, 7) is 3.19. The molecule has 7 nitrogen and oxygen atoms in total. The van der Waals surface area contributed by atoms with Crippen molar-refractivity contribution in [3.8, 4) is 17.4 Å². The first-order valence-corrected chi connectivity index (χ1v) is 10.0. The number of carboxylic acid groups (broad SMARTS) is 1.